The van der Waals surface area contributed by atoms with E-state index in [1.165, 1.54) is 4.90 Å². The first-order valence-electron chi connectivity index (χ1n) is 5.54. The molecule has 106 valence electrons. The lowest BCUT2D eigenvalue weighted by molar-refractivity contribution is 0.0573. The minimum Gasteiger partial charge on any atom is -0.445 e. The number of anilines is 1. The zero-order valence-corrected chi connectivity index (χ0v) is 12.8. The van der Waals surface area contributed by atoms with Gasteiger partial charge in [0.25, 0.3) is 0 Å². The van der Waals surface area contributed by atoms with E-state index in [9.17, 15) is 9.59 Å². The van der Waals surface area contributed by atoms with Gasteiger partial charge in [-0.2, -0.15) is 0 Å². The standard InChI is InChI=1S/C12H16ClNO4S/c1-12(2,3)18-11(16)14(4)9-6-5-8(19-9)10(15)17-7-13/h5-6H,7H2,1-4H3. The van der Waals surface area contributed by atoms with E-state index < -0.39 is 17.7 Å². The van der Waals surface area contributed by atoms with E-state index in [0.717, 1.165) is 11.3 Å². The summed E-state index contributed by atoms with van der Waals surface area (Å²) in [6, 6.07) is 3.03. The first-order valence-corrected chi connectivity index (χ1v) is 6.89. The van der Waals surface area contributed by atoms with Crippen LogP contribution in [-0.4, -0.2) is 30.8 Å². The minimum atomic E-state index is -0.566. The number of thiophene rings is 1. The van der Waals surface area contributed by atoms with Gasteiger partial charge >= 0.3 is 12.1 Å². The van der Waals surface area contributed by atoms with E-state index in [-0.39, 0.29) is 6.07 Å². The van der Waals surface area contributed by atoms with Gasteiger partial charge in [0.05, 0.1) is 0 Å². The van der Waals surface area contributed by atoms with Crippen molar-refractivity contribution in [2.45, 2.75) is 26.4 Å². The Labute approximate surface area is 121 Å². The number of rotatable bonds is 3. The van der Waals surface area contributed by atoms with Crippen LogP contribution in [0.1, 0.15) is 30.4 Å². The Bertz CT molecular complexity index is 467. The molecule has 0 N–H and O–H groups in total. The predicted molar refractivity (Wildman–Crippen MR) is 75.1 cm³/mol. The first kappa shape index (κ1) is 15.8. The Morgan fingerprint density at radius 3 is 2.53 bits per heavy atom. The average molecular weight is 306 g/mol. The molecule has 0 bridgehead atoms. The molecule has 0 atom stereocenters. The number of halogens is 1. The van der Waals surface area contributed by atoms with Gasteiger partial charge in [0, 0.05) is 7.05 Å². The van der Waals surface area contributed by atoms with Crippen LogP contribution in [0.25, 0.3) is 0 Å². The summed E-state index contributed by atoms with van der Waals surface area (Å²) in [5.41, 5.74) is -0.566. The Morgan fingerprint density at radius 1 is 1.37 bits per heavy atom. The first-order chi connectivity index (χ1) is 8.74. The summed E-state index contributed by atoms with van der Waals surface area (Å²) in [6.07, 6.45) is -0.480. The minimum absolute atomic E-state index is 0.200. The number of esters is 1. The number of carbonyl (C=O) groups excluding carboxylic acids is 2. The number of hydrogen-bond donors (Lipinski definition) is 0. The van der Waals surface area contributed by atoms with Crippen LogP contribution in [0.4, 0.5) is 9.80 Å². The largest absolute Gasteiger partial charge is 0.445 e. The van der Waals surface area contributed by atoms with Crippen LogP contribution in [0.2, 0.25) is 0 Å². The van der Waals surface area contributed by atoms with Crippen molar-refractivity contribution >= 4 is 40.0 Å². The molecule has 7 heteroatoms. The summed E-state index contributed by atoms with van der Waals surface area (Å²) in [4.78, 5) is 25.0. The number of hydrogen-bond acceptors (Lipinski definition) is 5. The molecule has 0 spiro atoms. The fourth-order valence-corrected chi connectivity index (χ4v) is 2.11. The molecule has 0 fully saturated rings. The number of ether oxygens (including phenoxy) is 2. The Kier molecular flexibility index (Phi) is 5.20. The third kappa shape index (κ3) is 4.72. The maximum atomic E-state index is 11.8. The van der Waals surface area contributed by atoms with Gasteiger partial charge in [-0.15, -0.1) is 11.3 Å². The summed E-state index contributed by atoms with van der Waals surface area (Å²) < 4.78 is 9.89. The fraction of sp³-hybridized carbons (Fsp3) is 0.500. The van der Waals surface area contributed by atoms with E-state index in [0.29, 0.717) is 9.88 Å². The van der Waals surface area contributed by atoms with Crippen LogP contribution in [0.5, 0.6) is 0 Å². The maximum absolute atomic E-state index is 11.8. The number of carbonyl (C=O) groups is 2. The molecular weight excluding hydrogens is 290 g/mol. The van der Waals surface area contributed by atoms with Gasteiger partial charge in [0.1, 0.15) is 15.5 Å². The van der Waals surface area contributed by atoms with Gasteiger partial charge in [-0.05, 0) is 32.9 Å². The smallest absolute Gasteiger partial charge is 0.415 e. The highest BCUT2D eigenvalue weighted by molar-refractivity contribution is 7.18. The van der Waals surface area contributed by atoms with E-state index in [1.54, 1.807) is 40.0 Å². The highest BCUT2D eigenvalue weighted by Gasteiger charge is 2.22. The van der Waals surface area contributed by atoms with Crippen molar-refractivity contribution in [1.82, 2.24) is 0 Å². The summed E-state index contributed by atoms with van der Waals surface area (Å²) in [7, 11) is 1.58. The van der Waals surface area contributed by atoms with Crippen LogP contribution < -0.4 is 4.90 Å². The molecule has 0 aromatic carbocycles. The number of nitrogens with zero attached hydrogens (tertiary/aromatic N) is 1. The van der Waals surface area contributed by atoms with Crippen LogP contribution >= 0.6 is 22.9 Å². The van der Waals surface area contributed by atoms with Gasteiger partial charge in [0.15, 0.2) is 6.07 Å². The van der Waals surface area contributed by atoms with Gasteiger partial charge in [0.2, 0.25) is 0 Å². The molecule has 1 heterocycles. The van der Waals surface area contributed by atoms with Crippen molar-refractivity contribution in [3.8, 4) is 0 Å². The molecule has 1 aromatic rings. The molecule has 0 unspecified atom stereocenters. The van der Waals surface area contributed by atoms with E-state index >= 15 is 0 Å². The second kappa shape index (κ2) is 6.25. The molecule has 0 radical (unpaired) electrons. The molecule has 0 aliphatic rings. The molecule has 1 amide bonds. The molecule has 0 aliphatic heterocycles. The lowest BCUT2D eigenvalue weighted by Gasteiger charge is -2.23. The quantitative estimate of drug-likeness (QED) is 0.634. The zero-order chi connectivity index (χ0) is 14.6. The molecule has 0 aliphatic carbocycles. The Morgan fingerprint density at radius 2 is 2.00 bits per heavy atom. The number of amides is 1. The molecule has 0 saturated heterocycles. The van der Waals surface area contributed by atoms with Crippen molar-refractivity contribution in [1.29, 1.82) is 0 Å². The van der Waals surface area contributed by atoms with Crippen molar-refractivity contribution in [3.05, 3.63) is 17.0 Å². The second-order valence-corrected chi connectivity index (χ2v) is 6.00. The van der Waals surface area contributed by atoms with Crippen molar-refractivity contribution in [2.24, 2.45) is 0 Å². The van der Waals surface area contributed by atoms with Crippen LogP contribution in [0.3, 0.4) is 0 Å². The monoisotopic (exact) mass is 305 g/mol. The molecule has 0 saturated carbocycles. The molecule has 5 nitrogen and oxygen atoms in total. The molecule has 19 heavy (non-hydrogen) atoms. The zero-order valence-electron chi connectivity index (χ0n) is 11.2. The summed E-state index contributed by atoms with van der Waals surface area (Å²) in [5.74, 6) is -0.510. The van der Waals surface area contributed by atoms with Gasteiger partial charge in [-0.25, -0.2) is 9.59 Å². The summed E-state index contributed by atoms with van der Waals surface area (Å²) in [5, 5.41) is 0.593. The highest BCUT2D eigenvalue weighted by atomic mass is 35.5. The predicted octanol–water partition coefficient (Wildman–Crippen LogP) is 3.47. The van der Waals surface area contributed by atoms with E-state index in [4.69, 9.17) is 16.3 Å². The van der Waals surface area contributed by atoms with Gasteiger partial charge in [-0.3, -0.25) is 4.90 Å². The van der Waals surface area contributed by atoms with Gasteiger partial charge < -0.3 is 9.47 Å². The van der Waals surface area contributed by atoms with Crippen molar-refractivity contribution in [2.75, 3.05) is 18.0 Å². The van der Waals surface area contributed by atoms with Crippen LogP contribution in [0.15, 0.2) is 12.1 Å². The fourth-order valence-electron chi connectivity index (χ4n) is 1.16. The van der Waals surface area contributed by atoms with Crippen molar-refractivity contribution in [3.63, 3.8) is 0 Å². The number of alkyl halides is 1. The second-order valence-electron chi connectivity index (χ2n) is 4.72. The van der Waals surface area contributed by atoms with Gasteiger partial charge in [-0.1, -0.05) is 11.6 Å². The lowest BCUT2D eigenvalue weighted by Crippen LogP contribution is -2.33. The van der Waals surface area contributed by atoms with Crippen LogP contribution in [-0.2, 0) is 9.47 Å². The van der Waals surface area contributed by atoms with Crippen molar-refractivity contribution < 1.29 is 19.1 Å². The third-order valence-electron chi connectivity index (χ3n) is 1.98. The van der Waals surface area contributed by atoms with E-state index in [1.807, 2.05) is 0 Å². The lowest BCUT2D eigenvalue weighted by atomic mass is 10.2. The maximum Gasteiger partial charge on any atom is 0.415 e. The summed E-state index contributed by atoms with van der Waals surface area (Å²) in [6.45, 7) is 5.36. The topological polar surface area (TPSA) is 55.8 Å². The molecule has 1 rings (SSSR count). The summed E-state index contributed by atoms with van der Waals surface area (Å²) >= 11 is 6.45. The molecule has 1 aromatic heterocycles. The Hall–Kier alpha value is -1.27. The average Bonchev–Trinajstić information content (AvgIpc) is 2.75. The SMILES string of the molecule is CN(C(=O)OC(C)(C)C)c1ccc(C(=O)OCCl)s1. The third-order valence-corrected chi connectivity index (χ3v) is 3.23. The Balaban J connectivity index is 2.76. The highest BCUT2D eigenvalue weighted by Crippen LogP contribution is 2.27. The molecular formula is C12H16ClNO4S. The van der Waals surface area contributed by atoms with E-state index in [2.05, 4.69) is 4.74 Å². The van der Waals surface area contributed by atoms with Crippen LogP contribution in [0, 0.1) is 0 Å². The normalized spacial score (nSPS) is 11.0.